The highest BCUT2D eigenvalue weighted by atomic mass is 16.6. The predicted octanol–water partition coefficient (Wildman–Crippen LogP) is 1.91. The smallest absolute Gasteiger partial charge is 0.307 e. The van der Waals surface area contributed by atoms with Gasteiger partial charge in [-0.15, -0.1) is 0 Å². The number of carboxylic acid groups (broad SMARTS) is 1. The summed E-state index contributed by atoms with van der Waals surface area (Å²) < 4.78 is 0. The molecular formula is C18H21N3O5. The first kappa shape index (κ1) is 17.9. The molecule has 2 aliphatic rings. The van der Waals surface area contributed by atoms with Crippen molar-refractivity contribution in [1.29, 1.82) is 0 Å². The van der Waals surface area contributed by atoms with Crippen LogP contribution in [0.15, 0.2) is 36.4 Å². The largest absolute Gasteiger partial charge is 0.481 e. The molecule has 138 valence electrons. The minimum Gasteiger partial charge on any atom is -0.481 e. The molecule has 0 spiro atoms. The van der Waals surface area contributed by atoms with Crippen LogP contribution >= 0.6 is 0 Å². The van der Waals surface area contributed by atoms with Crippen LogP contribution in [0.4, 0.5) is 11.4 Å². The molecule has 1 aromatic carbocycles. The van der Waals surface area contributed by atoms with Crippen molar-refractivity contribution in [3.63, 3.8) is 0 Å². The van der Waals surface area contributed by atoms with Crippen LogP contribution in [0.2, 0.25) is 0 Å². The van der Waals surface area contributed by atoms with Gasteiger partial charge in [-0.2, -0.15) is 0 Å². The molecule has 1 saturated heterocycles. The normalized spacial score (nSPS) is 22.9. The van der Waals surface area contributed by atoms with Crippen LogP contribution in [0.1, 0.15) is 12.8 Å². The molecule has 1 aliphatic heterocycles. The zero-order valence-corrected chi connectivity index (χ0v) is 14.3. The maximum atomic E-state index is 12.8. The van der Waals surface area contributed by atoms with Crippen LogP contribution in [-0.4, -0.2) is 53.0 Å². The van der Waals surface area contributed by atoms with Gasteiger partial charge >= 0.3 is 5.97 Å². The van der Waals surface area contributed by atoms with Gasteiger partial charge in [-0.25, -0.2) is 0 Å². The van der Waals surface area contributed by atoms with Gasteiger partial charge in [-0.3, -0.25) is 19.7 Å². The van der Waals surface area contributed by atoms with Gasteiger partial charge in [0.1, 0.15) is 0 Å². The summed E-state index contributed by atoms with van der Waals surface area (Å²) in [5.74, 6) is -2.16. The van der Waals surface area contributed by atoms with Crippen LogP contribution in [0.3, 0.4) is 0 Å². The lowest BCUT2D eigenvalue weighted by Crippen LogP contribution is -2.52. The van der Waals surface area contributed by atoms with Gasteiger partial charge in [0.05, 0.1) is 16.8 Å². The number of anilines is 1. The number of nitrogens with zero attached hydrogens (tertiary/aromatic N) is 3. The third kappa shape index (κ3) is 3.68. The van der Waals surface area contributed by atoms with Crippen LogP contribution in [0.5, 0.6) is 0 Å². The van der Waals surface area contributed by atoms with Gasteiger partial charge in [-0.1, -0.05) is 12.2 Å². The zero-order chi connectivity index (χ0) is 18.7. The number of nitro benzene ring substituents is 1. The van der Waals surface area contributed by atoms with E-state index in [1.54, 1.807) is 17.0 Å². The molecule has 8 nitrogen and oxygen atoms in total. The van der Waals surface area contributed by atoms with Crippen molar-refractivity contribution in [2.45, 2.75) is 12.8 Å². The average Bonchev–Trinajstić information content (AvgIpc) is 2.67. The summed E-state index contributed by atoms with van der Waals surface area (Å²) in [5.41, 5.74) is 0.930. The van der Waals surface area contributed by atoms with E-state index < -0.39 is 22.7 Å². The molecular weight excluding hydrogens is 338 g/mol. The Kier molecular flexibility index (Phi) is 5.20. The molecule has 1 N–H and O–H groups in total. The molecule has 1 heterocycles. The number of rotatable bonds is 4. The van der Waals surface area contributed by atoms with E-state index in [9.17, 15) is 24.8 Å². The number of non-ortho nitro benzene ring substituents is 1. The number of amides is 1. The van der Waals surface area contributed by atoms with E-state index in [2.05, 4.69) is 4.90 Å². The standard InChI is InChI=1S/C18H21N3O5/c22-17(15-3-1-2-4-16(15)18(23)24)20-11-9-19(10-12-20)13-5-7-14(8-6-13)21(25)26/h1-2,5-8,15-16H,3-4,9-12H2,(H,23,24)/t15-,16-/m1/s1. The first-order valence-corrected chi connectivity index (χ1v) is 8.63. The lowest BCUT2D eigenvalue weighted by molar-refractivity contribution is -0.384. The van der Waals surface area contributed by atoms with Crippen LogP contribution < -0.4 is 4.90 Å². The molecule has 26 heavy (non-hydrogen) atoms. The molecule has 0 saturated carbocycles. The monoisotopic (exact) mass is 359 g/mol. The first-order chi connectivity index (χ1) is 12.5. The second-order valence-electron chi connectivity index (χ2n) is 6.58. The SMILES string of the molecule is O=C(O)[C@@H]1CC=CC[C@H]1C(=O)N1CCN(c2ccc([N+](=O)[O-])cc2)CC1. The van der Waals surface area contributed by atoms with E-state index in [4.69, 9.17) is 0 Å². The topological polar surface area (TPSA) is 104 Å². The molecule has 0 aromatic heterocycles. The maximum absolute atomic E-state index is 12.8. The lowest BCUT2D eigenvalue weighted by atomic mass is 9.82. The number of carbonyl (C=O) groups excluding carboxylic acids is 1. The molecule has 0 radical (unpaired) electrons. The number of carboxylic acids is 1. The van der Waals surface area contributed by atoms with E-state index in [0.29, 0.717) is 39.0 Å². The fraction of sp³-hybridized carbons (Fsp3) is 0.444. The third-order valence-electron chi connectivity index (χ3n) is 5.08. The summed E-state index contributed by atoms with van der Waals surface area (Å²) in [5, 5.41) is 20.1. The average molecular weight is 359 g/mol. The molecule has 0 bridgehead atoms. The second-order valence-corrected chi connectivity index (χ2v) is 6.58. The number of carbonyl (C=O) groups is 2. The summed E-state index contributed by atoms with van der Waals surface area (Å²) in [6, 6.07) is 6.36. The highest BCUT2D eigenvalue weighted by molar-refractivity contribution is 5.85. The van der Waals surface area contributed by atoms with Crippen molar-refractivity contribution < 1.29 is 19.6 Å². The number of aliphatic carboxylic acids is 1. The van der Waals surface area contributed by atoms with Gasteiger partial charge in [-0.05, 0) is 25.0 Å². The fourth-order valence-electron chi connectivity index (χ4n) is 3.56. The zero-order valence-electron chi connectivity index (χ0n) is 14.3. The maximum Gasteiger partial charge on any atom is 0.307 e. The molecule has 1 amide bonds. The number of piperazine rings is 1. The van der Waals surface area contributed by atoms with Crippen molar-refractivity contribution in [3.05, 3.63) is 46.5 Å². The van der Waals surface area contributed by atoms with Gasteiger partial charge in [0.25, 0.3) is 5.69 Å². The number of nitro groups is 1. The summed E-state index contributed by atoms with van der Waals surface area (Å²) in [6.45, 7) is 2.26. The Morgan fingerprint density at radius 2 is 1.58 bits per heavy atom. The van der Waals surface area contributed by atoms with E-state index in [-0.39, 0.29) is 11.6 Å². The third-order valence-corrected chi connectivity index (χ3v) is 5.08. The Hall–Kier alpha value is -2.90. The highest BCUT2D eigenvalue weighted by Gasteiger charge is 2.37. The molecule has 1 fully saturated rings. The van der Waals surface area contributed by atoms with E-state index in [1.807, 2.05) is 12.2 Å². The Morgan fingerprint density at radius 3 is 2.12 bits per heavy atom. The highest BCUT2D eigenvalue weighted by Crippen LogP contribution is 2.28. The van der Waals surface area contributed by atoms with E-state index in [0.717, 1.165) is 5.69 Å². The molecule has 8 heteroatoms. The Morgan fingerprint density at radius 1 is 1.00 bits per heavy atom. The Balaban J connectivity index is 1.61. The molecule has 3 rings (SSSR count). The minimum atomic E-state index is -0.919. The number of hydrogen-bond acceptors (Lipinski definition) is 5. The minimum absolute atomic E-state index is 0.0487. The van der Waals surface area contributed by atoms with Gasteiger partial charge < -0.3 is 14.9 Å². The predicted molar refractivity (Wildman–Crippen MR) is 94.9 cm³/mol. The number of allylic oxidation sites excluding steroid dienone is 2. The Bertz CT molecular complexity index is 723. The molecule has 1 aromatic rings. The summed E-state index contributed by atoms with van der Waals surface area (Å²) in [4.78, 5) is 38.3. The first-order valence-electron chi connectivity index (χ1n) is 8.63. The summed E-state index contributed by atoms with van der Waals surface area (Å²) >= 11 is 0. The lowest BCUT2D eigenvalue weighted by Gasteiger charge is -2.38. The fourth-order valence-corrected chi connectivity index (χ4v) is 3.56. The van der Waals surface area contributed by atoms with Gasteiger partial charge in [0.15, 0.2) is 0 Å². The second kappa shape index (κ2) is 7.55. The van der Waals surface area contributed by atoms with Crippen LogP contribution in [-0.2, 0) is 9.59 Å². The van der Waals surface area contributed by atoms with Gasteiger partial charge in [0, 0.05) is 44.0 Å². The van der Waals surface area contributed by atoms with Crippen molar-refractivity contribution >= 4 is 23.3 Å². The van der Waals surface area contributed by atoms with Crippen LogP contribution in [0, 0.1) is 22.0 Å². The molecule has 2 atom stereocenters. The van der Waals surface area contributed by atoms with Crippen LogP contribution in [0.25, 0.3) is 0 Å². The van der Waals surface area contributed by atoms with Crippen molar-refractivity contribution in [3.8, 4) is 0 Å². The summed E-state index contributed by atoms with van der Waals surface area (Å²) in [6.07, 6.45) is 4.58. The quantitative estimate of drug-likeness (QED) is 0.500. The number of hydrogen-bond donors (Lipinski definition) is 1. The number of benzene rings is 1. The molecule has 1 aliphatic carbocycles. The molecule has 0 unspecified atom stereocenters. The van der Waals surface area contributed by atoms with Crippen molar-refractivity contribution in [1.82, 2.24) is 4.90 Å². The van der Waals surface area contributed by atoms with Gasteiger partial charge in [0.2, 0.25) is 5.91 Å². The van der Waals surface area contributed by atoms with Crippen molar-refractivity contribution in [2.75, 3.05) is 31.1 Å². The summed E-state index contributed by atoms with van der Waals surface area (Å²) in [7, 11) is 0. The Labute approximate surface area is 150 Å². The van der Waals surface area contributed by atoms with Crippen molar-refractivity contribution in [2.24, 2.45) is 11.8 Å². The van der Waals surface area contributed by atoms with E-state index in [1.165, 1.54) is 12.1 Å². The van der Waals surface area contributed by atoms with E-state index >= 15 is 0 Å².